The van der Waals surface area contributed by atoms with Crippen LogP contribution in [0.3, 0.4) is 0 Å². The lowest BCUT2D eigenvalue weighted by Crippen LogP contribution is -2.30. The second-order valence-corrected chi connectivity index (χ2v) is 20.2. The monoisotopic (exact) mass is 1010 g/mol. The normalized spacial score (nSPS) is 12.8. The molecule has 0 aromatic heterocycles. The molecule has 0 spiro atoms. The van der Waals surface area contributed by atoms with Crippen LogP contribution in [0.25, 0.3) is 0 Å². The van der Waals surface area contributed by atoms with E-state index in [1.54, 1.807) is 0 Å². The Morgan fingerprint density at radius 3 is 0.781 bits per heavy atom. The van der Waals surface area contributed by atoms with Crippen molar-refractivity contribution in [3.8, 4) is 0 Å². The standard InChI is InChI=1S/C67H114O6/c1-4-7-10-13-16-19-22-25-28-31-33-36-39-42-45-48-51-54-57-60-66(69)72-63-64(62-71-65(68)59-56-53-50-47-44-41-38-35-30-27-24-21-18-15-12-9-6-3)73-67(70)61-58-55-52-49-46-43-40-37-34-32-29-26-23-20-17-14-11-8-5-2/h16-21,25-30,34,37,43,46,64H,4-15,22-24,31-33,35-36,38-42,44-45,47-63H2,1-3H3/b19-16-,20-17-,21-18-,28-25-,29-26-,30-27-,37-34-,46-43-/t64-/m0/s1. The molecule has 6 nitrogen and oxygen atoms in total. The Bertz CT molecular complexity index is 1440. The van der Waals surface area contributed by atoms with E-state index >= 15 is 0 Å². The van der Waals surface area contributed by atoms with Gasteiger partial charge in [0.15, 0.2) is 6.10 Å². The summed E-state index contributed by atoms with van der Waals surface area (Å²) in [5, 5.41) is 0. The minimum absolute atomic E-state index is 0.0954. The van der Waals surface area contributed by atoms with Gasteiger partial charge in [0, 0.05) is 19.3 Å². The predicted molar refractivity (Wildman–Crippen MR) is 316 cm³/mol. The largest absolute Gasteiger partial charge is 0.462 e. The van der Waals surface area contributed by atoms with Crippen molar-refractivity contribution < 1.29 is 28.6 Å². The van der Waals surface area contributed by atoms with E-state index in [-0.39, 0.29) is 37.5 Å². The van der Waals surface area contributed by atoms with Gasteiger partial charge >= 0.3 is 17.9 Å². The number of rotatable bonds is 55. The highest BCUT2D eigenvalue weighted by atomic mass is 16.6. The molecule has 0 bridgehead atoms. The SMILES string of the molecule is CCCCC/C=C\C/C=C\C/C=C\C/C=C\CCCCCC(=O)O[C@@H](COC(=O)CCCCCCCCC/C=C\C/C=C\CCCCC)COC(=O)CCCCCCCCCCC/C=C\C/C=C\CCCCC. The molecule has 0 rings (SSSR count). The fraction of sp³-hybridized carbons (Fsp3) is 0.716. The first-order valence-electron chi connectivity index (χ1n) is 30.7. The highest BCUT2D eigenvalue weighted by molar-refractivity contribution is 5.71. The highest BCUT2D eigenvalue weighted by Crippen LogP contribution is 2.15. The van der Waals surface area contributed by atoms with E-state index in [1.807, 2.05) is 0 Å². The summed E-state index contributed by atoms with van der Waals surface area (Å²) in [6.07, 6.45) is 81.1. The number of hydrogen-bond donors (Lipinski definition) is 0. The third-order valence-electron chi connectivity index (χ3n) is 13.0. The van der Waals surface area contributed by atoms with Crippen molar-refractivity contribution in [1.82, 2.24) is 0 Å². The molecule has 0 N–H and O–H groups in total. The van der Waals surface area contributed by atoms with Crippen LogP contribution in [0.1, 0.15) is 290 Å². The van der Waals surface area contributed by atoms with E-state index in [0.29, 0.717) is 12.8 Å². The van der Waals surface area contributed by atoms with Gasteiger partial charge in [-0.05, 0) is 128 Å². The number of hydrogen-bond acceptors (Lipinski definition) is 6. The minimum Gasteiger partial charge on any atom is -0.462 e. The maximum atomic E-state index is 12.9. The second-order valence-electron chi connectivity index (χ2n) is 20.2. The molecule has 0 radical (unpaired) electrons. The lowest BCUT2D eigenvalue weighted by molar-refractivity contribution is -0.167. The van der Waals surface area contributed by atoms with Gasteiger partial charge in [-0.15, -0.1) is 0 Å². The molecule has 73 heavy (non-hydrogen) atoms. The molecule has 0 amide bonds. The number of esters is 3. The number of unbranched alkanes of at least 4 members (excludes halogenated alkanes) is 28. The van der Waals surface area contributed by atoms with E-state index in [2.05, 4.69) is 118 Å². The zero-order chi connectivity index (χ0) is 52.9. The molecule has 0 unspecified atom stereocenters. The molecular weight excluding hydrogens is 901 g/mol. The first kappa shape index (κ1) is 69.3. The maximum absolute atomic E-state index is 12.9. The number of carbonyl (C=O) groups excluding carboxylic acids is 3. The third-order valence-corrected chi connectivity index (χ3v) is 13.0. The fourth-order valence-corrected chi connectivity index (χ4v) is 8.37. The highest BCUT2D eigenvalue weighted by Gasteiger charge is 2.19. The van der Waals surface area contributed by atoms with Gasteiger partial charge < -0.3 is 14.2 Å². The van der Waals surface area contributed by atoms with Crippen LogP contribution in [0.4, 0.5) is 0 Å². The summed E-state index contributed by atoms with van der Waals surface area (Å²) in [6, 6.07) is 0. The Balaban J connectivity index is 4.47. The van der Waals surface area contributed by atoms with Gasteiger partial charge in [0.2, 0.25) is 0 Å². The van der Waals surface area contributed by atoms with Crippen molar-refractivity contribution in [2.45, 2.75) is 297 Å². The molecule has 0 saturated carbocycles. The summed E-state index contributed by atoms with van der Waals surface area (Å²) in [4.78, 5) is 38.3. The summed E-state index contributed by atoms with van der Waals surface area (Å²) >= 11 is 0. The Morgan fingerprint density at radius 2 is 0.493 bits per heavy atom. The second kappa shape index (κ2) is 60.9. The summed E-state index contributed by atoms with van der Waals surface area (Å²) in [5.74, 6) is -0.931. The van der Waals surface area contributed by atoms with Crippen molar-refractivity contribution >= 4 is 17.9 Å². The average molecular weight is 1020 g/mol. The molecule has 0 aliphatic rings. The molecule has 0 aliphatic heterocycles. The van der Waals surface area contributed by atoms with Crippen LogP contribution in [0.5, 0.6) is 0 Å². The van der Waals surface area contributed by atoms with E-state index in [4.69, 9.17) is 14.2 Å². The van der Waals surface area contributed by atoms with Crippen LogP contribution in [-0.2, 0) is 28.6 Å². The first-order valence-corrected chi connectivity index (χ1v) is 30.7. The molecule has 6 heteroatoms. The number of ether oxygens (including phenoxy) is 3. The summed E-state index contributed by atoms with van der Waals surface area (Å²) in [6.45, 7) is 6.54. The van der Waals surface area contributed by atoms with Crippen LogP contribution in [0.2, 0.25) is 0 Å². The quantitative estimate of drug-likeness (QED) is 0.0261. The Hall–Kier alpha value is -3.67. The van der Waals surface area contributed by atoms with Crippen molar-refractivity contribution in [2.24, 2.45) is 0 Å². The van der Waals surface area contributed by atoms with Crippen LogP contribution < -0.4 is 0 Å². The summed E-state index contributed by atoms with van der Waals surface area (Å²) in [5.41, 5.74) is 0. The van der Waals surface area contributed by atoms with E-state index in [9.17, 15) is 14.4 Å². The average Bonchev–Trinajstić information content (AvgIpc) is 3.39. The maximum Gasteiger partial charge on any atom is 0.306 e. The lowest BCUT2D eigenvalue weighted by atomic mass is 10.1. The molecule has 0 heterocycles. The topological polar surface area (TPSA) is 78.9 Å². The van der Waals surface area contributed by atoms with Crippen LogP contribution >= 0.6 is 0 Å². The van der Waals surface area contributed by atoms with Crippen molar-refractivity contribution in [3.05, 3.63) is 97.2 Å². The molecule has 0 fully saturated rings. The van der Waals surface area contributed by atoms with Gasteiger partial charge in [-0.2, -0.15) is 0 Å². The lowest BCUT2D eigenvalue weighted by Gasteiger charge is -2.18. The molecule has 418 valence electrons. The third kappa shape index (κ3) is 59.1. The zero-order valence-electron chi connectivity index (χ0n) is 47.9. The van der Waals surface area contributed by atoms with Gasteiger partial charge in [-0.25, -0.2) is 0 Å². The Labute approximate surface area is 451 Å². The van der Waals surface area contributed by atoms with E-state index < -0.39 is 6.10 Å². The van der Waals surface area contributed by atoms with E-state index in [0.717, 1.165) is 103 Å². The van der Waals surface area contributed by atoms with Crippen LogP contribution in [-0.4, -0.2) is 37.2 Å². The van der Waals surface area contributed by atoms with Crippen LogP contribution in [0.15, 0.2) is 97.2 Å². The van der Waals surface area contributed by atoms with Crippen molar-refractivity contribution in [2.75, 3.05) is 13.2 Å². The van der Waals surface area contributed by atoms with Crippen LogP contribution in [0, 0.1) is 0 Å². The molecule has 0 aromatic rings. The summed E-state index contributed by atoms with van der Waals surface area (Å²) in [7, 11) is 0. The molecular formula is C67H114O6. The number of carbonyl (C=O) groups is 3. The smallest absolute Gasteiger partial charge is 0.306 e. The first-order chi connectivity index (χ1) is 36.0. The molecule has 0 aliphatic carbocycles. The summed E-state index contributed by atoms with van der Waals surface area (Å²) < 4.78 is 16.9. The van der Waals surface area contributed by atoms with Gasteiger partial charge in [0.25, 0.3) is 0 Å². The van der Waals surface area contributed by atoms with Crippen molar-refractivity contribution in [1.29, 1.82) is 0 Å². The Kier molecular flexibility index (Phi) is 57.8. The van der Waals surface area contributed by atoms with Gasteiger partial charge in [-0.1, -0.05) is 240 Å². The van der Waals surface area contributed by atoms with Gasteiger partial charge in [-0.3, -0.25) is 14.4 Å². The van der Waals surface area contributed by atoms with Crippen molar-refractivity contribution in [3.63, 3.8) is 0 Å². The molecule has 0 aromatic carbocycles. The molecule has 1 atom stereocenters. The van der Waals surface area contributed by atoms with E-state index in [1.165, 1.54) is 148 Å². The Morgan fingerprint density at radius 1 is 0.274 bits per heavy atom. The minimum atomic E-state index is -0.802. The molecule has 0 saturated heterocycles. The van der Waals surface area contributed by atoms with Gasteiger partial charge in [0.1, 0.15) is 13.2 Å². The van der Waals surface area contributed by atoms with Gasteiger partial charge in [0.05, 0.1) is 0 Å². The fourth-order valence-electron chi connectivity index (χ4n) is 8.37. The number of allylic oxidation sites excluding steroid dienone is 16. The zero-order valence-corrected chi connectivity index (χ0v) is 47.9. The predicted octanol–water partition coefficient (Wildman–Crippen LogP) is 20.9.